The van der Waals surface area contributed by atoms with E-state index in [2.05, 4.69) is 90.1 Å². The number of Topliss-reactive ketones (excluding diaryl/α,β-unsaturated/α-hetero) is 1. The van der Waals surface area contributed by atoms with Gasteiger partial charge in [0.05, 0.1) is 0 Å². The molecule has 0 radical (unpaired) electrons. The van der Waals surface area contributed by atoms with Crippen LogP contribution in [0.4, 0.5) is 0 Å². The summed E-state index contributed by atoms with van der Waals surface area (Å²) in [6, 6.07) is 17.4. The first kappa shape index (κ1) is 15.6. The van der Waals surface area contributed by atoms with Crippen LogP contribution in [0.15, 0.2) is 48.5 Å². The molecule has 2 aromatic carbocycles. The monoisotopic (exact) mass is 318 g/mol. The van der Waals surface area contributed by atoms with Crippen molar-refractivity contribution in [3.63, 3.8) is 0 Å². The Morgan fingerprint density at radius 2 is 0.792 bits per heavy atom. The fraction of sp³-hybridized carbons (Fsp3) is 0.435. The van der Waals surface area contributed by atoms with E-state index in [-0.39, 0.29) is 10.8 Å². The molecule has 0 saturated carbocycles. The zero-order valence-corrected chi connectivity index (χ0v) is 15.5. The van der Waals surface area contributed by atoms with Crippen LogP contribution in [0.25, 0.3) is 0 Å². The summed E-state index contributed by atoms with van der Waals surface area (Å²) in [6.07, 6.45) is 0. The smallest absolute Gasteiger partial charge is 0.146 e. The Kier molecular flexibility index (Phi) is 2.73. The van der Waals surface area contributed by atoms with E-state index in [0.717, 1.165) is 0 Å². The first-order chi connectivity index (χ1) is 11.1. The van der Waals surface area contributed by atoms with Crippen molar-refractivity contribution in [3.05, 3.63) is 70.8 Å². The van der Waals surface area contributed by atoms with Gasteiger partial charge in [-0.05, 0) is 22.3 Å². The number of carbonyl (C=O) groups is 1. The summed E-state index contributed by atoms with van der Waals surface area (Å²) in [6.45, 7) is 13.1. The van der Waals surface area contributed by atoms with Crippen LogP contribution in [0.3, 0.4) is 0 Å². The van der Waals surface area contributed by atoms with Gasteiger partial charge in [0.2, 0.25) is 0 Å². The van der Waals surface area contributed by atoms with Crippen molar-refractivity contribution in [1.82, 2.24) is 0 Å². The summed E-state index contributed by atoms with van der Waals surface area (Å²) in [4.78, 5) is 13.8. The summed E-state index contributed by atoms with van der Waals surface area (Å²) in [5, 5.41) is 0. The molecule has 0 unspecified atom stereocenters. The maximum absolute atomic E-state index is 13.8. The number of hydrogen-bond acceptors (Lipinski definition) is 1. The predicted octanol–water partition coefficient (Wildman–Crippen LogP) is 5.25. The van der Waals surface area contributed by atoms with Crippen molar-refractivity contribution in [3.8, 4) is 0 Å². The van der Waals surface area contributed by atoms with E-state index in [0.29, 0.717) is 5.78 Å². The van der Waals surface area contributed by atoms with Crippen molar-refractivity contribution < 1.29 is 4.79 Å². The number of carbonyl (C=O) groups excluding carboxylic acids is 1. The average Bonchev–Trinajstić information content (AvgIpc) is 2.62. The normalized spacial score (nSPS) is 32.0. The second-order valence-corrected chi connectivity index (χ2v) is 8.92. The Hall–Kier alpha value is -1.89. The van der Waals surface area contributed by atoms with Crippen molar-refractivity contribution in [2.75, 3.05) is 0 Å². The van der Waals surface area contributed by atoms with E-state index in [9.17, 15) is 4.79 Å². The van der Waals surface area contributed by atoms with Crippen molar-refractivity contribution >= 4 is 5.78 Å². The van der Waals surface area contributed by atoms with E-state index in [1.807, 2.05) is 0 Å². The molecule has 0 aromatic heterocycles. The molecule has 124 valence electrons. The molecule has 0 amide bonds. The standard InChI is InChI=1S/C23H26O/c1-20(2)19(24)21(3,4)23(6)17-13-9-7-11-15(17)22(20,5)16-12-8-10-14-18(16)23/h7-14H,1-6H3. The van der Waals surface area contributed by atoms with Gasteiger partial charge in [-0.3, -0.25) is 4.79 Å². The fourth-order valence-corrected chi connectivity index (χ4v) is 5.58. The van der Waals surface area contributed by atoms with Gasteiger partial charge in [-0.2, -0.15) is 0 Å². The molecule has 1 heteroatoms. The van der Waals surface area contributed by atoms with Gasteiger partial charge < -0.3 is 0 Å². The molecule has 24 heavy (non-hydrogen) atoms. The quantitative estimate of drug-likeness (QED) is 0.648. The number of ketones is 1. The SMILES string of the molecule is CC1(C)C(=O)C(C)(C)C2(C)c3ccccc3C1(C)c1ccccc12. The second-order valence-electron chi connectivity index (χ2n) is 8.92. The molecule has 0 aliphatic heterocycles. The summed E-state index contributed by atoms with van der Waals surface area (Å²) < 4.78 is 0. The minimum Gasteiger partial charge on any atom is -0.298 e. The van der Waals surface area contributed by atoms with Crippen LogP contribution in [0.1, 0.15) is 63.8 Å². The van der Waals surface area contributed by atoms with Crippen molar-refractivity contribution in [2.24, 2.45) is 10.8 Å². The lowest BCUT2D eigenvalue weighted by Crippen LogP contribution is -2.49. The second kappa shape index (κ2) is 4.20. The number of fused-ring (bicyclic) bond motifs is 2. The number of rotatable bonds is 0. The molecule has 0 fully saturated rings. The molecular weight excluding hydrogens is 292 g/mol. The zero-order chi connectivity index (χ0) is 17.5. The lowest BCUT2D eigenvalue weighted by atomic mass is 9.53. The Morgan fingerprint density at radius 3 is 1.04 bits per heavy atom. The molecule has 5 rings (SSSR count). The third-order valence-corrected chi connectivity index (χ3v) is 7.64. The van der Waals surface area contributed by atoms with Gasteiger partial charge >= 0.3 is 0 Å². The topological polar surface area (TPSA) is 17.1 Å². The van der Waals surface area contributed by atoms with Crippen LogP contribution < -0.4 is 0 Å². The van der Waals surface area contributed by atoms with E-state index >= 15 is 0 Å². The van der Waals surface area contributed by atoms with Crippen LogP contribution in [-0.2, 0) is 15.6 Å². The summed E-state index contributed by atoms with van der Waals surface area (Å²) in [5.41, 5.74) is 3.68. The number of hydrogen-bond donors (Lipinski definition) is 0. The largest absolute Gasteiger partial charge is 0.298 e. The minimum absolute atomic E-state index is 0.315. The van der Waals surface area contributed by atoms with Crippen molar-refractivity contribution in [1.29, 1.82) is 0 Å². The maximum atomic E-state index is 13.8. The van der Waals surface area contributed by atoms with Gasteiger partial charge in [-0.15, -0.1) is 0 Å². The van der Waals surface area contributed by atoms with Gasteiger partial charge in [0.1, 0.15) is 5.78 Å². The highest BCUT2D eigenvalue weighted by Crippen LogP contribution is 2.66. The molecule has 3 aliphatic carbocycles. The Balaban J connectivity index is 2.31. The molecular formula is C23H26O. The highest BCUT2D eigenvalue weighted by molar-refractivity contribution is 5.96. The predicted molar refractivity (Wildman–Crippen MR) is 98.4 cm³/mol. The van der Waals surface area contributed by atoms with E-state index in [4.69, 9.17) is 0 Å². The summed E-state index contributed by atoms with van der Waals surface area (Å²) in [5.74, 6) is 0.354. The van der Waals surface area contributed by atoms with Crippen molar-refractivity contribution in [2.45, 2.75) is 52.4 Å². The van der Waals surface area contributed by atoms with E-state index < -0.39 is 10.8 Å². The average molecular weight is 318 g/mol. The van der Waals surface area contributed by atoms with Crippen LogP contribution in [0.2, 0.25) is 0 Å². The molecule has 0 saturated heterocycles. The van der Waals surface area contributed by atoms with Crippen LogP contribution in [-0.4, -0.2) is 5.78 Å². The molecule has 0 heterocycles. The first-order valence-electron chi connectivity index (χ1n) is 8.86. The van der Waals surface area contributed by atoms with Gasteiger partial charge in [-0.25, -0.2) is 0 Å². The summed E-state index contributed by atoms with van der Waals surface area (Å²) in [7, 11) is 0. The van der Waals surface area contributed by atoms with Gasteiger partial charge in [0.25, 0.3) is 0 Å². The van der Waals surface area contributed by atoms with E-state index in [1.165, 1.54) is 22.3 Å². The lowest BCUT2D eigenvalue weighted by Gasteiger charge is -2.49. The summed E-state index contributed by atoms with van der Waals surface area (Å²) >= 11 is 0. The first-order valence-corrected chi connectivity index (χ1v) is 8.86. The van der Waals surface area contributed by atoms with Gasteiger partial charge in [0.15, 0.2) is 0 Å². The molecule has 0 spiro atoms. The molecule has 1 nitrogen and oxygen atoms in total. The molecule has 0 atom stereocenters. The third-order valence-electron chi connectivity index (χ3n) is 7.64. The molecule has 2 bridgehead atoms. The molecule has 0 N–H and O–H groups in total. The molecule has 3 aliphatic rings. The lowest BCUT2D eigenvalue weighted by molar-refractivity contribution is -0.139. The van der Waals surface area contributed by atoms with Crippen LogP contribution >= 0.6 is 0 Å². The third kappa shape index (κ3) is 1.34. The fourth-order valence-electron chi connectivity index (χ4n) is 5.58. The molecule has 2 aromatic rings. The Morgan fingerprint density at radius 1 is 0.542 bits per heavy atom. The van der Waals surface area contributed by atoms with E-state index in [1.54, 1.807) is 0 Å². The van der Waals surface area contributed by atoms with Crippen LogP contribution in [0, 0.1) is 10.8 Å². The zero-order valence-electron chi connectivity index (χ0n) is 15.5. The minimum atomic E-state index is -0.475. The van der Waals surface area contributed by atoms with Crippen LogP contribution in [0.5, 0.6) is 0 Å². The van der Waals surface area contributed by atoms with Gasteiger partial charge in [-0.1, -0.05) is 90.1 Å². The highest BCUT2D eigenvalue weighted by Gasteiger charge is 2.66. The maximum Gasteiger partial charge on any atom is 0.146 e. The Labute approximate surface area is 145 Å². The highest BCUT2D eigenvalue weighted by atomic mass is 16.1. The Bertz CT molecular complexity index is 752. The number of benzene rings is 2. The van der Waals surface area contributed by atoms with Gasteiger partial charge in [0, 0.05) is 21.7 Å².